The number of hydrogen-bond donors (Lipinski definition) is 1. The van der Waals surface area contributed by atoms with Crippen molar-refractivity contribution in [1.82, 2.24) is 9.88 Å². The van der Waals surface area contributed by atoms with Crippen molar-refractivity contribution in [3.63, 3.8) is 0 Å². The lowest BCUT2D eigenvalue weighted by Crippen LogP contribution is -2.37. The van der Waals surface area contributed by atoms with Crippen LogP contribution in [-0.2, 0) is 18.3 Å². The summed E-state index contributed by atoms with van der Waals surface area (Å²) >= 11 is 0. The number of aryl methyl sites for hydroxylation is 1. The van der Waals surface area contributed by atoms with Gasteiger partial charge in [0.1, 0.15) is 0 Å². The van der Waals surface area contributed by atoms with Crippen LogP contribution in [0.4, 0.5) is 0 Å². The smallest absolute Gasteiger partial charge is 0.0561 e. The zero-order valence-corrected chi connectivity index (χ0v) is 9.57. The Morgan fingerprint density at radius 2 is 2.47 bits per heavy atom. The van der Waals surface area contributed by atoms with E-state index in [9.17, 15) is 0 Å². The van der Waals surface area contributed by atoms with Crippen LogP contribution in [0.1, 0.15) is 25.3 Å². The molecule has 84 valence electrons. The van der Waals surface area contributed by atoms with Crippen LogP contribution < -0.4 is 5.32 Å². The van der Waals surface area contributed by atoms with Crippen LogP contribution in [0.5, 0.6) is 0 Å². The van der Waals surface area contributed by atoms with Crippen molar-refractivity contribution in [2.75, 3.05) is 6.61 Å². The maximum Gasteiger partial charge on any atom is 0.0561 e. The predicted molar refractivity (Wildman–Crippen MR) is 60.7 cm³/mol. The Kier molecular flexibility index (Phi) is 3.44. The van der Waals surface area contributed by atoms with Gasteiger partial charge in [0.05, 0.1) is 6.10 Å². The fourth-order valence-electron chi connectivity index (χ4n) is 2.11. The van der Waals surface area contributed by atoms with E-state index < -0.39 is 0 Å². The first kappa shape index (κ1) is 10.7. The minimum atomic E-state index is 0.409. The van der Waals surface area contributed by atoms with Crippen molar-refractivity contribution < 1.29 is 4.74 Å². The molecular weight excluding hydrogens is 188 g/mol. The highest BCUT2D eigenvalue weighted by molar-refractivity contribution is 5.09. The van der Waals surface area contributed by atoms with Crippen LogP contribution in [0.15, 0.2) is 18.5 Å². The Bertz CT molecular complexity index is 308. The summed E-state index contributed by atoms with van der Waals surface area (Å²) in [7, 11) is 2.06. The third kappa shape index (κ3) is 3.08. The van der Waals surface area contributed by atoms with Crippen molar-refractivity contribution in [1.29, 1.82) is 0 Å². The minimum absolute atomic E-state index is 0.409. The van der Waals surface area contributed by atoms with Crippen molar-refractivity contribution in [3.05, 3.63) is 24.0 Å². The average molecular weight is 208 g/mol. The second-order valence-corrected chi connectivity index (χ2v) is 4.47. The highest BCUT2D eigenvalue weighted by atomic mass is 16.5. The molecule has 0 aliphatic carbocycles. The predicted octanol–water partition coefficient (Wildman–Crippen LogP) is 1.68. The zero-order valence-electron chi connectivity index (χ0n) is 9.57. The number of nitrogens with one attached hydrogen (secondary N) is 1. The molecule has 1 aromatic heterocycles. The van der Waals surface area contributed by atoms with E-state index >= 15 is 0 Å². The SMILES string of the molecule is CC1CC(NCc2ccn(C)c2)CCO1. The average Bonchev–Trinajstić information content (AvgIpc) is 2.62. The standard InChI is InChI=1S/C12H20N2O/c1-10-7-12(4-6-15-10)13-8-11-3-5-14(2)9-11/h3,5,9-10,12-13H,4,6-8H2,1-2H3. The van der Waals surface area contributed by atoms with Crippen molar-refractivity contribution in [2.24, 2.45) is 7.05 Å². The maximum atomic E-state index is 5.52. The number of rotatable bonds is 3. The van der Waals surface area contributed by atoms with Gasteiger partial charge in [-0.15, -0.1) is 0 Å². The summed E-state index contributed by atoms with van der Waals surface area (Å²) in [5.41, 5.74) is 1.36. The first-order valence-electron chi connectivity index (χ1n) is 5.70. The van der Waals surface area contributed by atoms with Gasteiger partial charge in [-0.2, -0.15) is 0 Å². The van der Waals surface area contributed by atoms with E-state index in [2.05, 4.69) is 42.3 Å². The first-order chi connectivity index (χ1) is 7.24. The molecule has 1 aromatic rings. The summed E-state index contributed by atoms with van der Waals surface area (Å²) in [5, 5.41) is 3.59. The highest BCUT2D eigenvalue weighted by Crippen LogP contribution is 2.13. The second kappa shape index (κ2) is 4.81. The summed E-state index contributed by atoms with van der Waals surface area (Å²) in [5.74, 6) is 0. The molecule has 2 rings (SSSR count). The van der Waals surface area contributed by atoms with Gasteiger partial charge in [0.25, 0.3) is 0 Å². The molecule has 1 saturated heterocycles. The van der Waals surface area contributed by atoms with Crippen LogP contribution in [-0.4, -0.2) is 23.3 Å². The minimum Gasteiger partial charge on any atom is -0.378 e. The Morgan fingerprint density at radius 1 is 1.60 bits per heavy atom. The highest BCUT2D eigenvalue weighted by Gasteiger charge is 2.18. The van der Waals surface area contributed by atoms with Gasteiger partial charge in [0.2, 0.25) is 0 Å². The summed E-state index contributed by atoms with van der Waals surface area (Å²) in [6.07, 6.45) is 6.93. The first-order valence-corrected chi connectivity index (χ1v) is 5.70. The lowest BCUT2D eigenvalue weighted by molar-refractivity contribution is 0.0130. The van der Waals surface area contributed by atoms with Crippen molar-refractivity contribution >= 4 is 0 Å². The lowest BCUT2D eigenvalue weighted by atomic mass is 10.0. The molecule has 3 heteroatoms. The van der Waals surface area contributed by atoms with Gasteiger partial charge < -0.3 is 14.6 Å². The molecule has 0 saturated carbocycles. The third-order valence-corrected chi connectivity index (χ3v) is 2.97. The van der Waals surface area contributed by atoms with Crippen molar-refractivity contribution in [2.45, 2.75) is 38.5 Å². The Labute approximate surface area is 91.4 Å². The van der Waals surface area contributed by atoms with Crippen molar-refractivity contribution in [3.8, 4) is 0 Å². The molecule has 0 spiro atoms. The molecule has 2 heterocycles. The number of aromatic nitrogens is 1. The molecule has 1 fully saturated rings. The maximum absolute atomic E-state index is 5.52. The summed E-state index contributed by atoms with van der Waals surface area (Å²) < 4.78 is 7.61. The van der Waals surface area contributed by atoms with Gasteiger partial charge in [-0.25, -0.2) is 0 Å². The second-order valence-electron chi connectivity index (χ2n) is 4.47. The van der Waals surface area contributed by atoms with Gasteiger partial charge in [0.15, 0.2) is 0 Å². The van der Waals surface area contributed by atoms with Crippen LogP contribution in [0.25, 0.3) is 0 Å². The molecule has 2 atom stereocenters. The number of hydrogen-bond acceptors (Lipinski definition) is 2. The lowest BCUT2D eigenvalue weighted by Gasteiger charge is -2.27. The molecule has 1 aliphatic rings. The van der Waals surface area contributed by atoms with Gasteiger partial charge >= 0.3 is 0 Å². The van der Waals surface area contributed by atoms with E-state index in [1.165, 1.54) is 5.56 Å². The molecule has 1 aliphatic heterocycles. The van der Waals surface area contributed by atoms with Gasteiger partial charge in [-0.1, -0.05) is 0 Å². The monoisotopic (exact) mass is 208 g/mol. The topological polar surface area (TPSA) is 26.2 Å². The zero-order chi connectivity index (χ0) is 10.7. The molecule has 0 radical (unpaired) electrons. The fraction of sp³-hybridized carbons (Fsp3) is 0.667. The van der Waals surface area contributed by atoms with Crippen LogP contribution in [0, 0.1) is 0 Å². The van der Waals surface area contributed by atoms with Gasteiger partial charge in [-0.05, 0) is 31.4 Å². The van der Waals surface area contributed by atoms with E-state index in [1.54, 1.807) is 0 Å². The number of nitrogens with zero attached hydrogens (tertiary/aromatic N) is 1. The molecule has 1 N–H and O–H groups in total. The van der Waals surface area contributed by atoms with E-state index in [0.717, 1.165) is 26.0 Å². The summed E-state index contributed by atoms with van der Waals surface area (Å²) in [6.45, 7) is 4.02. The molecule has 2 unspecified atom stereocenters. The van der Waals surface area contributed by atoms with Crippen LogP contribution in [0.3, 0.4) is 0 Å². The Morgan fingerprint density at radius 3 is 3.13 bits per heavy atom. The Balaban J connectivity index is 1.77. The van der Waals surface area contributed by atoms with Gasteiger partial charge in [-0.3, -0.25) is 0 Å². The van der Waals surface area contributed by atoms with E-state index in [1.807, 2.05) is 0 Å². The summed E-state index contributed by atoms with van der Waals surface area (Å²) in [4.78, 5) is 0. The largest absolute Gasteiger partial charge is 0.378 e. The molecular formula is C12H20N2O. The summed E-state index contributed by atoms with van der Waals surface area (Å²) in [6, 6.07) is 2.78. The molecule has 0 aromatic carbocycles. The quantitative estimate of drug-likeness (QED) is 0.818. The normalized spacial score (nSPS) is 26.8. The van der Waals surface area contributed by atoms with E-state index in [4.69, 9.17) is 4.74 Å². The van der Waals surface area contributed by atoms with Gasteiger partial charge in [0, 0.05) is 38.6 Å². The molecule has 0 amide bonds. The van der Waals surface area contributed by atoms with Crippen LogP contribution >= 0.6 is 0 Å². The van der Waals surface area contributed by atoms with E-state index in [-0.39, 0.29) is 0 Å². The Hall–Kier alpha value is -0.800. The van der Waals surface area contributed by atoms with Crippen LogP contribution in [0.2, 0.25) is 0 Å². The third-order valence-electron chi connectivity index (χ3n) is 2.97. The fourth-order valence-corrected chi connectivity index (χ4v) is 2.11. The molecule has 3 nitrogen and oxygen atoms in total. The molecule has 0 bridgehead atoms. The van der Waals surface area contributed by atoms with E-state index in [0.29, 0.717) is 12.1 Å². The molecule has 15 heavy (non-hydrogen) atoms. The number of ether oxygens (including phenoxy) is 1.